The van der Waals surface area contributed by atoms with Gasteiger partial charge in [0.2, 0.25) is 0 Å². The van der Waals surface area contributed by atoms with Gasteiger partial charge in [0.1, 0.15) is 5.75 Å². The monoisotopic (exact) mass is 266 g/mol. The maximum Gasteiger partial charge on any atom is 0.253 e. The first-order valence-electron chi connectivity index (χ1n) is 6.32. The van der Waals surface area contributed by atoms with Gasteiger partial charge in [-0.15, -0.1) is 0 Å². The number of hydrogen-bond acceptors (Lipinski definition) is 4. The van der Waals surface area contributed by atoms with Crippen molar-refractivity contribution in [3.63, 3.8) is 0 Å². The number of nitrogen functional groups attached to an aromatic ring is 1. The molecule has 0 saturated heterocycles. The fourth-order valence-electron chi connectivity index (χ4n) is 1.79. The average Bonchev–Trinajstić information content (AvgIpc) is 2.38. The van der Waals surface area contributed by atoms with Crippen molar-refractivity contribution in [3.05, 3.63) is 23.8 Å². The molecule has 5 nitrogen and oxygen atoms in total. The Balaban J connectivity index is 2.89. The lowest BCUT2D eigenvalue weighted by Crippen LogP contribution is -2.46. The van der Waals surface area contributed by atoms with Crippen molar-refractivity contribution in [2.24, 2.45) is 0 Å². The molecule has 0 aliphatic carbocycles. The quantitative estimate of drug-likeness (QED) is 0.682. The molecule has 0 bridgehead atoms. The van der Waals surface area contributed by atoms with Gasteiger partial charge in [-0.25, -0.2) is 0 Å². The molecule has 19 heavy (non-hydrogen) atoms. The Morgan fingerprint density at radius 2 is 2.21 bits per heavy atom. The molecule has 0 radical (unpaired) electrons. The van der Waals surface area contributed by atoms with Gasteiger partial charge in [0.15, 0.2) is 0 Å². The van der Waals surface area contributed by atoms with Gasteiger partial charge < -0.3 is 20.9 Å². The van der Waals surface area contributed by atoms with E-state index in [1.165, 1.54) is 0 Å². The minimum atomic E-state index is -0.432. The standard InChI is InChI=1S/C14H22N2O3/c1-4-14(2,7-8-17)16-13(18)11-6-5-10(19-3)9-12(11)15/h5-6,9,17H,4,7-8,15H2,1-3H3,(H,16,18). The normalized spacial score (nSPS) is 13.7. The summed E-state index contributed by atoms with van der Waals surface area (Å²) < 4.78 is 5.05. The number of nitrogens with one attached hydrogen (secondary N) is 1. The maximum absolute atomic E-state index is 12.2. The summed E-state index contributed by atoms with van der Waals surface area (Å²) >= 11 is 0. The second kappa shape index (κ2) is 6.43. The topological polar surface area (TPSA) is 84.6 Å². The summed E-state index contributed by atoms with van der Waals surface area (Å²) in [4.78, 5) is 12.2. The summed E-state index contributed by atoms with van der Waals surface area (Å²) in [7, 11) is 1.55. The highest BCUT2D eigenvalue weighted by atomic mass is 16.5. The smallest absolute Gasteiger partial charge is 0.253 e. The first-order chi connectivity index (χ1) is 8.95. The minimum Gasteiger partial charge on any atom is -0.497 e. The van der Waals surface area contributed by atoms with E-state index in [0.29, 0.717) is 23.4 Å². The third kappa shape index (κ3) is 3.86. The number of amides is 1. The Hall–Kier alpha value is -1.75. The van der Waals surface area contributed by atoms with Crippen LogP contribution in [0, 0.1) is 0 Å². The number of methoxy groups -OCH3 is 1. The van der Waals surface area contributed by atoms with E-state index < -0.39 is 5.54 Å². The number of rotatable bonds is 6. The molecule has 0 fully saturated rings. The van der Waals surface area contributed by atoms with Crippen molar-refractivity contribution < 1.29 is 14.6 Å². The van der Waals surface area contributed by atoms with Gasteiger partial charge in [-0.2, -0.15) is 0 Å². The van der Waals surface area contributed by atoms with Gasteiger partial charge in [0.25, 0.3) is 5.91 Å². The van der Waals surface area contributed by atoms with Crippen LogP contribution in [-0.2, 0) is 0 Å². The Morgan fingerprint density at radius 3 is 2.68 bits per heavy atom. The first kappa shape index (κ1) is 15.3. The number of benzene rings is 1. The molecule has 0 saturated carbocycles. The van der Waals surface area contributed by atoms with Crippen LogP contribution in [0.5, 0.6) is 5.75 Å². The van der Waals surface area contributed by atoms with Gasteiger partial charge in [-0.1, -0.05) is 6.92 Å². The number of anilines is 1. The van der Waals surface area contributed by atoms with Gasteiger partial charge in [0, 0.05) is 23.9 Å². The van der Waals surface area contributed by atoms with Gasteiger partial charge in [0.05, 0.1) is 12.7 Å². The van der Waals surface area contributed by atoms with E-state index in [-0.39, 0.29) is 12.5 Å². The zero-order chi connectivity index (χ0) is 14.5. The highest BCUT2D eigenvalue weighted by molar-refractivity contribution is 5.99. The van der Waals surface area contributed by atoms with Crippen LogP contribution in [0.15, 0.2) is 18.2 Å². The Morgan fingerprint density at radius 1 is 1.53 bits per heavy atom. The fraction of sp³-hybridized carbons (Fsp3) is 0.500. The summed E-state index contributed by atoms with van der Waals surface area (Å²) in [6, 6.07) is 4.95. The van der Waals surface area contributed by atoms with Crippen LogP contribution in [0.3, 0.4) is 0 Å². The van der Waals surface area contributed by atoms with E-state index in [1.54, 1.807) is 25.3 Å². The maximum atomic E-state index is 12.2. The van der Waals surface area contributed by atoms with E-state index >= 15 is 0 Å². The minimum absolute atomic E-state index is 0.0305. The van der Waals surface area contributed by atoms with E-state index in [1.807, 2.05) is 13.8 Å². The Kier molecular flexibility index (Phi) is 5.18. The number of aliphatic hydroxyl groups is 1. The molecule has 0 spiro atoms. The van der Waals surface area contributed by atoms with Crippen LogP contribution in [-0.4, -0.2) is 30.3 Å². The lowest BCUT2D eigenvalue weighted by molar-refractivity contribution is 0.0887. The molecular weight excluding hydrogens is 244 g/mol. The van der Waals surface area contributed by atoms with Crippen molar-refractivity contribution >= 4 is 11.6 Å². The van der Waals surface area contributed by atoms with E-state index in [4.69, 9.17) is 15.6 Å². The van der Waals surface area contributed by atoms with Crippen LogP contribution in [0.2, 0.25) is 0 Å². The van der Waals surface area contributed by atoms with E-state index in [0.717, 1.165) is 6.42 Å². The lowest BCUT2D eigenvalue weighted by Gasteiger charge is -2.29. The van der Waals surface area contributed by atoms with Crippen molar-refractivity contribution in [1.82, 2.24) is 5.32 Å². The third-order valence-electron chi connectivity index (χ3n) is 3.36. The summed E-state index contributed by atoms with van der Waals surface area (Å²) in [5, 5.41) is 12.0. The Bertz CT molecular complexity index is 448. The molecule has 5 heteroatoms. The average molecular weight is 266 g/mol. The highest BCUT2D eigenvalue weighted by Crippen LogP contribution is 2.21. The van der Waals surface area contributed by atoms with Crippen LogP contribution in [0.1, 0.15) is 37.0 Å². The van der Waals surface area contributed by atoms with Crippen LogP contribution >= 0.6 is 0 Å². The van der Waals surface area contributed by atoms with Crippen LogP contribution in [0.4, 0.5) is 5.69 Å². The number of ether oxygens (including phenoxy) is 1. The number of carbonyl (C=O) groups is 1. The summed E-state index contributed by atoms with van der Waals surface area (Å²) in [6.45, 7) is 3.90. The molecule has 106 valence electrons. The zero-order valence-electron chi connectivity index (χ0n) is 11.7. The van der Waals surface area contributed by atoms with E-state index in [2.05, 4.69) is 5.32 Å². The SMILES string of the molecule is CCC(C)(CCO)NC(=O)c1ccc(OC)cc1N. The molecule has 1 amide bonds. The van der Waals surface area contributed by atoms with Gasteiger partial charge >= 0.3 is 0 Å². The van der Waals surface area contributed by atoms with E-state index in [9.17, 15) is 4.79 Å². The molecule has 4 N–H and O–H groups in total. The summed E-state index contributed by atoms with van der Waals surface area (Å²) in [5.41, 5.74) is 6.20. The molecule has 0 heterocycles. The van der Waals surface area contributed by atoms with Crippen molar-refractivity contribution in [2.75, 3.05) is 19.5 Å². The van der Waals surface area contributed by atoms with Crippen LogP contribution in [0.25, 0.3) is 0 Å². The number of hydrogen-bond donors (Lipinski definition) is 3. The van der Waals surface area contributed by atoms with Gasteiger partial charge in [-0.05, 0) is 31.9 Å². The zero-order valence-corrected chi connectivity index (χ0v) is 11.7. The predicted octanol–water partition coefficient (Wildman–Crippen LogP) is 1.56. The van der Waals surface area contributed by atoms with Crippen molar-refractivity contribution in [3.8, 4) is 5.75 Å². The number of aliphatic hydroxyl groups excluding tert-OH is 1. The van der Waals surface area contributed by atoms with Gasteiger partial charge in [-0.3, -0.25) is 4.79 Å². The fourth-order valence-corrected chi connectivity index (χ4v) is 1.79. The molecule has 1 rings (SSSR count). The highest BCUT2D eigenvalue weighted by Gasteiger charge is 2.25. The molecule has 0 aliphatic rings. The first-order valence-corrected chi connectivity index (χ1v) is 6.32. The second-order valence-electron chi connectivity index (χ2n) is 4.80. The number of nitrogens with two attached hydrogens (primary N) is 1. The van der Waals surface area contributed by atoms with Crippen molar-refractivity contribution in [1.29, 1.82) is 0 Å². The second-order valence-corrected chi connectivity index (χ2v) is 4.80. The Labute approximate surface area is 113 Å². The predicted molar refractivity (Wildman–Crippen MR) is 75.3 cm³/mol. The summed E-state index contributed by atoms with van der Waals surface area (Å²) in [5.74, 6) is 0.376. The molecule has 0 aliphatic heterocycles. The molecule has 0 aromatic heterocycles. The molecule has 1 unspecified atom stereocenters. The number of carbonyl (C=O) groups excluding carboxylic acids is 1. The molecular formula is C14H22N2O3. The summed E-state index contributed by atoms with van der Waals surface area (Å²) in [6.07, 6.45) is 1.24. The largest absolute Gasteiger partial charge is 0.497 e. The molecule has 1 atom stereocenters. The third-order valence-corrected chi connectivity index (χ3v) is 3.36. The lowest BCUT2D eigenvalue weighted by atomic mass is 9.94. The van der Waals surface area contributed by atoms with Crippen molar-refractivity contribution in [2.45, 2.75) is 32.2 Å². The van der Waals surface area contributed by atoms with Crippen LogP contribution < -0.4 is 15.8 Å². The molecule has 1 aromatic rings. The molecule has 1 aromatic carbocycles.